The first-order valence-electron chi connectivity index (χ1n) is 1.04. The van der Waals surface area contributed by atoms with Gasteiger partial charge in [0.2, 0.25) is 0 Å². The zero-order valence-electron chi connectivity index (χ0n) is 2.93. The van der Waals surface area contributed by atoms with Gasteiger partial charge in [0.05, 0.1) is 5.84 Å². The smallest absolute Gasteiger partial charge is 0.0873 e. The van der Waals surface area contributed by atoms with Crippen LogP contribution in [0.2, 0.25) is 0 Å². The van der Waals surface area contributed by atoms with E-state index in [0.717, 1.165) is 0 Å². The Hall–Kier alpha value is 0.0934. The van der Waals surface area contributed by atoms with Crippen LogP contribution in [0, 0.1) is 5.41 Å². The van der Waals surface area contributed by atoms with Gasteiger partial charge in [0.1, 0.15) is 0 Å². The van der Waals surface area contributed by atoms with Crippen molar-refractivity contribution in [1.82, 2.24) is 0 Å². The van der Waals surface area contributed by atoms with E-state index in [4.69, 9.17) is 11.1 Å². The fourth-order valence-electron chi connectivity index (χ4n) is 0. The van der Waals surface area contributed by atoms with Gasteiger partial charge >= 0.3 is 0 Å². The molecule has 0 saturated carbocycles. The summed E-state index contributed by atoms with van der Waals surface area (Å²) in [4.78, 5) is 0. The van der Waals surface area contributed by atoms with Gasteiger partial charge in [-0.25, -0.2) is 0 Å². The molecule has 0 radical (unpaired) electrons. The van der Waals surface area contributed by atoms with E-state index in [2.05, 4.69) is 0 Å². The van der Waals surface area contributed by atoms with Crippen LogP contribution in [0.1, 0.15) is 6.92 Å². The predicted octanol–water partition coefficient (Wildman–Crippen LogP) is -0.0602. The summed E-state index contributed by atoms with van der Waals surface area (Å²) < 4.78 is 0. The van der Waals surface area contributed by atoms with Gasteiger partial charge in [-0.05, 0) is 6.92 Å². The van der Waals surface area contributed by atoms with Crippen LogP contribution in [-0.2, 0) is 19.5 Å². The Morgan fingerprint density at radius 3 is 1.80 bits per heavy atom. The molecule has 3 N–H and O–H groups in total. The van der Waals surface area contributed by atoms with Crippen LogP contribution in [-0.4, -0.2) is 5.84 Å². The molecule has 0 aromatic heterocycles. The molecule has 0 spiro atoms. The van der Waals surface area contributed by atoms with Crippen molar-refractivity contribution in [2.24, 2.45) is 5.73 Å². The second kappa shape index (κ2) is 4.09. The molecule has 0 aliphatic heterocycles. The number of nitrogens with two attached hydrogens (primary N) is 1. The molecule has 3 heteroatoms. The van der Waals surface area contributed by atoms with E-state index in [9.17, 15) is 0 Å². The minimum Gasteiger partial charge on any atom is -0.388 e. The topological polar surface area (TPSA) is 49.9 Å². The largest absolute Gasteiger partial charge is 0.388 e. The third-order valence-corrected chi connectivity index (χ3v) is 0. The van der Waals surface area contributed by atoms with Crippen LogP contribution >= 0.6 is 0 Å². The Bertz CT molecular complexity index is 30.6. The number of nitrogens with one attached hydrogen (secondary N) is 1. The first-order valence-corrected chi connectivity index (χ1v) is 1.04. The van der Waals surface area contributed by atoms with E-state index in [0.29, 0.717) is 0 Å². The quantitative estimate of drug-likeness (QED) is 0.290. The SMILES string of the molecule is CC(=N)N.[Ru]. The van der Waals surface area contributed by atoms with E-state index in [1.165, 1.54) is 6.92 Å². The van der Waals surface area contributed by atoms with Crippen molar-refractivity contribution in [3.8, 4) is 0 Å². The van der Waals surface area contributed by atoms with Gasteiger partial charge in [0.25, 0.3) is 0 Å². The molecule has 0 atom stereocenters. The van der Waals surface area contributed by atoms with Crippen LogP contribution in [0.3, 0.4) is 0 Å². The molecule has 0 aliphatic rings. The maximum absolute atomic E-state index is 6.28. The van der Waals surface area contributed by atoms with Crippen molar-refractivity contribution in [2.75, 3.05) is 0 Å². The standard InChI is InChI=1S/C2H6N2.Ru/c1-2(3)4;/h1H3,(H3,3,4);. The van der Waals surface area contributed by atoms with E-state index >= 15 is 0 Å². The van der Waals surface area contributed by atoms with Crippen molar-refractivity contribution in [1.29, 1.82) is 5.41 Å². The minimum absolute atomic E-state index is 0. The summed E-state index contributed by atoms with van der Waals surface area (Å²) in [6, 6.07) is 0. The molecule has 0 aromatic carbocycles. The fourth-order valence-corrected chi connectivity index (χ4v) is 0. The molecule has 0 unspecified atom stereocenters. The second-order valence-corrected chi connectivity index (χ2v) is 0.683. The van der Waals surface area contributed by atoms with Gasteiger partial charge in [-0.2, -0.15) is 0 Å². The molecular weight excluding hydrogens is 153 g/mol. The summed E-state index contributed by atoms with van der Waals surface area (Å²) in [7, 11) is 0. The summed E-state index contributed by atoms with van der Waals surface area (Å²) in [5.74, 6) is 0.167. The number of hydrogen-bond donors (Lipinski definition) is 2. The van der Waals surface area contributed by atoms with Gasteiger partial charge in [0.15, 0.2) is 0 Å². The van der Waals surface area contributed by atoms with Crippen LogP contribution in [0.15, 0.2) is 0 Å². The summed E-state index contributed by atoms with van der Waals surface area (Å²) in [6.45, 7) is 1.53. The Labute approximate surface area is 44.0 Å². The normalized spacial score (nSPS) is 5.00. The maximum Gasteiger partial charge on any atom is 0.0873 e. The predicted molar refractivity (Wildman–Crippen MR) is 17.6 cm³/mol. The van der Waals surface area contributed by atoms with Gasteiger partial charge in [-0.15, -0.1) is 0 Å². The third kappa shape index (κ3) is 2060. The van der Waals surface area contributed by atoms with E-state index in [1.807, 2.05) is 0 Å². The zero-order valence-corrected chi connectivity index (χ0v) is 4.67. The summed E-state index contributed by atoms with van der Waals surface area (Å²) in [5, 5.41) is 6.28. The third-order valence-electron chi connectivity index (χ3n) is 0. The van der Waals surface area contributed by atoms with E-state index in [-0.39, 0.29) is 25.3 Å². The van der Waals surface area contributed by atoms with Crippen LogP contribution in [0.25, 0.3) is 0 Å². The van der Waals surface area contributed by atoms with Gasteiger partial charge in [0, 0.05) is 19.5 Å². The molecular formula is C2H6N2Ru. The van der Waals surface area contributed by atoms with Crippen molar-refractivity contribution in [2.45, 2.75) is 6.92 Å². The number of rotatable bonds is 0. The van der Waals surface area contributed by atoms with Crippen molar-refractivity contribution < 1.29 is 19.5 Å². The van der Waals surface area contributed by atoms with Gasteiger partial charge < -0.3 is 5.73 Å². The Morgan fingerprint density at radius 2 is 1.80 bits per heavy atom. The summed E-state index contributed by atoms with van der Waals surface area (Å²) in [5.41, 5.74) is 4.69. The van der Waals surface area contributed by atoms with Crippen molar-refractivity contribution in [3.63, 3.8) is 0 Å². The summed E-state index contributed by atoms with van der Waals surface area (Å²) >= 11 is 0. The first kappa shape index (κ1) is 8.92. The Kier molecular flexibility index (Phi) is 7.30. The number of hydrogen-bond acceptors (Lipinski definition) is 1. The van der Waals surface area contributed by atoms with E-state index in [1.54, 1.807) is 0 Å². The molecule has 0 heterocycles. The maximum atomic E-state index is 6.28. The molecule has 0 aliphatic carbocycles. The monoisotopic (exact) mass is 160 g/mol. The van der Waals surface area contributed by atoms with Crippen molar-refractivity contribution >= 4 is 5.84 Å². The molecule has 0 amide bonds. The fraction of sp³-hybridized carbons (Fsp3) is 0.500. The second-order valence-electron chi connectivity index (χ2n) is 0.683. The van der Waals surface area contributed by atoms with Gasteiger partial charge in [-0.3, -0.25) is 5.41 Å². The van der Waals surface area contributed by atoms with Crippen LogP contribution < -0.4 is 5.73 Å². The van der Waals surface area contributed by atoms with Crippen molar-refractivity contribution in [3.05, 3.63) is 0 Å². The van der Waals surface area contributed by atoms with Crippen LogP contribution in [0.4, 0.5) is 0 Å². The van der Waals surface area contributed by atoms with Gasteiger partial charge in [-0.1, -0.05) is 0 Å². The molecule has 5 heavy (non-hydrogen) atoms. The molecule has 0 fully saturated rings. The van der Waals surface area contributed by atoms with Crippen LogP contribution in [0.5, 0.6) is 0 Å². The average Bonchev–Trinajstić information content (AvgIpc) is 0.811. The Balaban J connectivity index is 0. The molecule has 32 valence electrons. The average molecular weight is 159 g/mol. The molecule has 0 bridgehead atoms. The molecule has 0 aromatic rings. The minimum atomic E-state index is 0. The molecule has 0 rings (SSSR count). The molecule has 0 saturated heterocycles. The van der Waals surface area contributed by atoms with E-state index < -0.39 is 0 Å². The Morgan fingerprint density at radius 1 is 1.80 bits per heavy atom. The first-order chi connectivity index (χ1) is 1.73. The molecule has 2 nitrogen and oxygen atoms in total. The zero-order chi connectivity index (χ0) is 3.58. The summed E-state index contributed by atoms with van der Waals surface area (Å²) in [6.07, 6.45) is 0. The number of amidine groups is 1.